The van der Waals surface area contributed by atoms with Gasteiger partial charge in [0.25, 0.3) is 0 Å². The van der Waals surface area contributed by atoms with Crippen LogP contribution in [0.4, 0.5) is 4.39 Å². The summed E-state index contributed by atoms with van der Waals surface area (Å²) in [7, 11) is 0. The third-order valence-electron chi connectivity index (χ3n) is 3.68. The monoisotopic (exact) mass is 357 g/mol. The van der Waals surface area contributed by atoms with Crippen LogP contribution in [0.5, 0.6) is 11.5 Å². The Hall–Kier alpha value is -3.22. The number of carbonyl (C=O) groups excluding carboxylic acids is 1. The Morgan fingerprint density at radius 1 is 1.38 bits per heavy atom. The summed E-state index contributed by atoms with van der Waals surface area (Å²) in [6, 6.07) is 6.33. The Kier molecular flexibility index (Phi) is 4.26. The summed E-state index contributed by atoms with van der Waals surface area (Å²) >= 11 is 0. The van der Waals surface area contributed by atoms with Crippen molar-refractivity contribution in [3.63, 3.8) is 0 Å². The second kappa shape index (κ2) is 7.35. The van der Waals surface area contributed by atoms with Gasteiger partial charge in [-0.25, -0.2) is 4.39 Å². The van der Waals surface area contributed by atoms with Crippen LogP contribution in [0.2, 0.25) is 0 Å². The molecule has 2 heterocycles. The van der Waals surface area contributed by atoms with Crippen molar-refractivity contribution in [2.75, 3.05) is 0 Å². The van der Waals surface area contributed by atoms with Crippen molar-refractivity contribution in [3.05, 3.63) is 59.7 Å². The molecule has 134 valence electrons. The third-order valence-corrected chi connectivity index (χ3v) is 3.68. The third kappa shape index (κ3) is 3.42. The van der Waals surface area contributed by atoms with E-state index in [2.05, 4.69) is 10.1 Å². The van der Waals surface area contributed by atoms with Gasteiger partial charge in [0.15, 0.2) is 6.29 Å². The molecule has 0 radical (unpaired) electrons. The molecule has 0 atom stereocenters. The lowest BCUT2D eigenvalue weighted by molar-refractivity contribution is 0.111. The zero-order chi connectivity index (χ0) is 20.5. The average molecular weight is 357 g/mol. The molecule has 0 aliphatic rings. The maximum atomic E-state index is 13.7. The SMILES string of the molecule is [2H]C([2H])(Oc1cc(F)cc(O)c1C=O)c1cccnc1-c1ccnn1C(C)C. The van der Waals surface area contributed by atoms with Crippen LogP contribution >= 0.6 is 0 Å². The number of aldehydes is 1. The van der Waals surface area contributed by atoms with Gasteiger partial charge in [-0.2, -0.15) is 5.10 Å². The zero-order valence-electron chi connectivity index (χ0n) is 16.2. The second-order valence-corrected chi connectivity index (χ2v) is 5.81. The van der Waals surface area contributed by atoms with E-state index in [1.54, 1.807) is 23.0 Å². The number of hydrogen-bond donors (Lipinski definition) is 1. The summed E-state index contributed by atoms with van der Waals surface area (Å²) in [4.78, 5) is 15.5. The Bertz CT molecular complexity index is 1020. The number of benzene rings is 1. The molecule has 0 saturated heterocycles. The van der Waals surface area contributed by atoms with E-state index in [1.165, 1.54) is 12.3 Å². The van der Waals surface area contributed by atoms with E-state index in [9.17, 15) is 14.3 Å². The summed E-state index contributed by atoms with van der Waals surface area (Å²) in [5, 5.41) is 14.0. The van der Waals surface area contributed by atoms with Crippen LogP contribution in [0.3, 0.4) is 0 Å². The van der Waals surface area contributed by atoms with E-state index >= 15 is 0 Å². The van der Waals surface area contributed by atoms with Crippen molar-refractivity contribution >= 4 is 6.29 Å². The summed E-state index contributed by atoms with van der Waals surface area (Å²) < 4.78 is 37.5. The van der Waals surface area contributed by atoms with Crippen molar-refractivity contribution in [2.45, 2.75) is 26.4 Å². The number of nitrogens with zero attached hydrogens (tertiary/aromatic N) is 3. The first kappa shape index (κ1) is 15.1. The van der Waals surface area contributed by atoms with E-state index in [4.69, 9.17) is 7.48 Å². The minimum absolute atomic E-state index is 0.00785. The molecule has 1 N–H and O–H groups in total. The molecule has 6 nitrogen and oxygen atoms in total. The van der Waals surface area contributed by atoms with Crippen molar-refractivity contribution < 1.29 is 21.8 Å². The number of aromatic nitrogens is 3. The lowest BCUT2D eigenvalue weighted by Gasteiger charge is -2.15. The molecule has 7 heteroatoms. The van der Waals surface area contributed by atoms with Crippen molar-refractivity contribution in [1.29, 1.82) is 0 Å². The molecule has 26 heavy (non-hydrogen) atoms. The molecule has 0 aliphatic carbocycles. The van der Waals surface area contributed by atoms with Crippen LogP contribution in [-0.2, 0) is 6.56 Å². The van der Waals surface area contributed by atoms with Crippen molar-refractivity contribution in [3.8, 4) is 22.9 Å². The Labute approximate surface area is 152 Å². The Morgan fingerprint density at radius 2 is 2.19 bits per heavy atom. The Balaban J connectivity index is 2.10. The van der Waals surface area contributed by atoms with E-state index in [1.807, 2.05) is 13.8 Å². The van der Waals surface area contributed by atoms with Crippen LogP contribution < -0.4 is 4.74 Å². The minimum atomic E-state index is -2.48. The normalized spacial score (nSPS) is 12.6. The molecule has 0 fully saturated rings. The molecule has 2 aromatic heterocycles. The molecule has 0 bridgehead atoms. The fourth-order valence-corrected chi connectivity index (χ4v) is 2.50. The number of pyridine rings is 1. The topological polar surface area (TPSA) is 77.2 Å². The molecule has 0 saturated carbocycles. The molecule has 0 aliphatic heterocycles. The molecule has 1 aromatic carbocycles. The second-order valence-electron chi connectivity index (χ2n) is 5.81. The summed E-state index contributed by atoms with van der Waals surface area (Å²) in [6.45, 7) is 1.37. The molecule has 0 amide bonds. The largest absolute Gasteiger partial charge is 0.507 e. The van der Waals surface area contributed by atoms with Gasteiger partial charge in [-0.1, -0.05) is 6.07 Å². The van der Waals surface area contributed by atoms with Crippen LogP contribution in [-0.4, -0.2) is 26.2 Å². The number of carbonyl (C=O) groups is 1. The number of ether oxygens (including phenoxy) is 1. The number of phenolic OH excluding ortho intramolecular Hbond substituents is 1. The number of hydrogen-bond acceptors (Lipinski definition) is 5. The first-order valence-corrected chi connectivity index (χ1v) is 7.90. The van der Waals surface area contributed by atoms with Gasteiger partial charge in [-0.15, -0.1) is 0 Å². The van der Waals surface area contributed by atoms with Gasteiger partial charge < -0.3 is 9.84 Å². The summed E-state index contributed by atoms with van der Waals surface area (Å²) in [6.07, 6.45) is 3.37. The first-order valence-electron chi connectivity index (χ1n) is 8.90. The van der Waals surface area contributed by atoms with Crippen LogP contribution in [0.15, 0.2) is 42.7 Å². The van der Waals surface area contributed by atoms with Crippen LogP contribution in [0, 0.1) is 5.82 Å². The summed E-state index contributed by atoms with van der Waals surface area (Å²) in [5.41, 5.74) is 0.601. The number of halogens is 1. The van der Waals surface area contributed by atoms with E-state index < -0.39 is 23.9 Å². The average Bonchev–Trinajstić information content (AvgIpc) is 3.11. The molecule has 0 unspecified atom stereocenters. The predicted octanol–water partition coefficient (Wildman–Crippen LogP) is 3.76. The fraction of sp³-hybridized carbons (Fsp3) is 0.211. The highest BCUT2D eigenvalue weighted by Gasteiger charge is 2.16. The quantitative estimate of drug-likeness (QED) is 0.680. The Morgan fingerprint density at radius 3 is 2.92 bits per heavy atom. The maximum Gasteiger partial charge on any atom is 0.157 e. The minimum Gasteiger partial charge on any atom is -0.507 e. The molecular formula is C19H18FN3O3. The lowest BCUT2D eigenvalue weighted by atomic mass is 10.1. The standard InChI is InChI=1S/C19H18FN3O3/c1-12(2)23-16(5-7-22-23)19-13(4-3-6-21-19)11-26-18-9-14(20)8-17(25)15(18)10-24/h3-10,12,25H,11H2,1-2H3/i11D2. The smallest absolute Gasteiger partial charge is 0.157 e. The first-order chi connectivity index (χ1) is 13.2. The van der Waals surface area contributed by atoms with E-state index in [0.29, 0.717) is 11.4 Å². The fourth-order valence-electron chi connectivity index (χ4n) is 2.50. The molecule has 3 aromatic rings. The van der Waals surface area contributed by atoms with Gasteiger partial charge in [0.05, 0.1) is 19.7 Å². The summed E-state index contributed by atoms with van der Waals surface area (Å²) in [5.74, 6) is -1.91. The highest BCUT2D eigenvalue weighted by molar-refractivity contribution is 5.83. The van der Waals surface area contributed by atoms with Crippen LogP contribution in [0.25, 0.3) is 11.4 Å². The number of rotatable bonds is 6. The van der Waals surface area contributed by atoms with Gasteiger partial charge in [-0.05, 0) is 26.0 Å². The van der Waals surface area contributed by atoms with E-state index in [-0.39, 0.29) is 23.5 Å². The lowest BCUT2D eigenvalue weighted by Crippen LogP contribution is -2.08. The van der Waals surface area contributed by atoms with E-state index in [0.717, 1.165) is 12.1 Å². The number of phenols is 1. The van der Waals surface area contributed by atoms with Crippen LogP contribution in [0.1, 0.15) is 38.6 Å². The molecular weight excluding hydrogens is 337 g/mol. The molecule has 0 spiro atoms. The predicted molar refractivity (Wildman–Crippen MR) is 93.6 cm³/mol. The van der Waals surface area contributed by atoms with Gasteiger partial charge in [0.1, 0.15) is 23.9 Å². The highest BCUT2D eigenvalue weighted by atomic mass is 19.1. The highest BCUT2D eigenvalue weighted by Crippen LogP contribution is 2.29. The molecule has 3 rings (SSSR count). The van der Waals surface area contributed by atoms with Gasteiger partial charge >= 0.3 is 0 Å². The van der Waals surface area contributed by atoms with Crippen molar-refractivity contribution in [1.82, 2.24) is 14.8 Å². The zero-order valence-corrected chi connectivity index (χ0v) is 14.2. The van der Waals surface area contributed by atoms with Gasteiger partial charge in [-0.3, -0.25) is 14.5 Å². The maximum absolute atomic E-state index is 13.7. The van der Waals surface area contributed by atoms with Crippen molar-refractivity contribution in [2.24, 2.45) is 0 Å². The van der Waals surface area contributed by atoms with Gasteiger partial charge in [0.2, 0.25) is 0 Å². The number of aromatic hydroxyl groups is 1. The van der Waals surface area contributed by atoms with Gasteiger partial charge in [0, 0.05) is 36.1 Å².